The lowest BCUT2D eigenvalue weighted by molar-refractivity contribution is -0.00218. The van der Waals surface area contributed by atoms with Crippen LogP contribution in [0.1, 0.15) is 12.8 Å². The van der Waals surface area contributed by atoms with Crippen LogP contribution in [0, 0.1) is 0 Å². The summed E-state index contributed by atoms with van der Waals surface area (Å²) in [5.74, 6) is 0. The van der Waals surface area contributed by atoms with E-state index in [9.17, 15) is 0 Å². The number of rotatable bonds is 0. The van der Waals surface area contributed by atoms with E-state index >= 15 is 0 Å². The van der Waals surface area contributed by atoms with Crippen LogP contribution in [-0.4, -0.2) is 52.9 Å². The van der Waals surface area contributed by atoms with Crippen LogP contribution in [0.15, 0.2) is 0 Å². The molecule has 0 aliphatic carbocycles. The van der Waals surface area contributed by atoms with E-state index in [4.69, 9.17) is 18.9 Å². The van der Waals surface area contributed by atoms with Gasteiger partial charge in [-0.1, -0.05) is 0 Å². The maximum absolute atomic E-state index is 5.39. The molecule has 0 aromatic rings. The fraction of sp³-hybridized carbons (Fsp3) is 1.00. The van der Waals surface area contributed by atoms with Gasteiger partial charge >= 0.3 is 0 Å². The van der Waals surface area contributed by atoms with Crippen LogP contribution in [-0.2, 0) is 18.9 Å². The lowest BCUT2D eigenvalue weighted by Crippen LogP contribution is -2.12. The van der Waals surface area contributed by atoms with E-state index in [0.29, 0.717) is 26.4 Å². The van der Waals surface area contributed by atoms with Crippen molar-refractivity contribution in [2.75, 3.05) is 52.9 Å². The van der Waals surface area contributed by atoms with Crippen LogP contribution >= 0.6 is 0 Å². The zero-order valence-corrected chi connectivity index (χ0v) is 8.70. The molecule has 0 atom stereocenters. The third-order valence-corrected chi connectivity index (χ3v) is 1.90. The predicted octanol–water partition coefficient (Wildman–Crippen LogP) is 0.847. The van der Waals surface area contributed by atoms with Crippen molar-refractivity contribution >= 4 is 0 Å². The molecule has 84 valence electrons. The van der Waals surface area contributed by atoms with Gasteiger partial charge in [-0.05, 0) is 12.8 Å². The van der Waals surface area contributed by atoms with Crippen molar-refractivity contribution in [2.45, 2.75) is 12.8 Å². The minimum absolute atomic E-state index is 0.657. The second-order valence-electron chi connectivity index (χ2n) is 3.16. The van der Waals surface area contributed by atoms with Gasteiger partial charge in [0.2, 0.25) is 0 Å². The molecule has 1 fully saturated rings. The maximum Gasteiger partial charge on any atom is 0.0701 e. The molecule has 0 spiro atoms. The highest BCUT2D eigenvalue weighted by Crippen LogP contribution is 1.91. The van der Waals surface area contributed by atoms with Gasteiger partial charge in [0.05, 0.1) is 26.4 Å². The number of ether oxygens (including phenoxy) is 4. The van der Waals surface area contributed by atoms with E-state index in [1.807, 2.05) is 0 Å². The lowest BCUT2D eigenvalue weighted by atomic mass is 10.4. The first-order valence-corrected chi connectivity index (χ1v) is 5.31. The summed E-state index contributed by atoms with van der Waals surface area (Å²) in [7, 11) is 0. The molecule has 0 N–H and O–H groups in total. The van der Waals surface area contributed by atoms with Crippen molar-refractivity contribution in [1.29, 1.82) is 0 Å². The second kappa shape index (κ2) is 9.40. The highest BCUT2D eigenvalue weighted by molar-refractivity contribution is 4.40. The molecule has 4 nitrogen and oxygen atoms in total. The SMILES string of the molecule is C1COCCCOCCOCCOC1. The van der Waals surface area contributed by atoms with Crippen LogP contribution in [0.3, 0.4) is 0 Å². The van der Waals surface area contributed by atoms with Crippen molar-refractivity contribution in [1.82, 2.24) is 0 Å². The first-order chi connectivity index (χ1) is 7.00. The van der Waals surface area contributed by atoms with Gasteiger partial charge in [0.25, 0.3) is 0 Å². The molecule has 14 heavy (non-hydrogen) atoms. The first kappa shape index (κ1) is 11.9. The highest BCUT2D eigenvalue weighted by atomic mass is 16.5. The fourth-order valence-corrected chi connectivity index (χ4v) is 1.17. The zero-order chi connectivity index (χ0) is 9.90. The molecule has 0 radical (unpaired) electrons. The smallest absolute Gasteiger partial charge is 0.0701 e. The average molecular weight is 204 g/mol. The number of hydrogen-bond acceptors (Lipinski definition) is 4. The van der Waals surface area contributed by atoms with Crippen LogP contribution in [0.4, 0.5) is 0 Å². The Morgan fingerprint density at radius 1 is 0.357 bits per heavy atom. The molecule has 0 bridgehead atoms. The second-order valence-corrected chi connectivity index (χ2v) is 3.16. The van der Waals surface area contributed by atoms with Gasteiger partial charge < -0.3 is 18.9 Å². The molecule has 0 aromatic carbocycles. The standard InChI is InChI=1S/C10H20O4/c1-3-11-4-2-6-13-8-10-14-9-7-12-5-1/h1-10H2. The fourth-order valence-electron chi connectivity index (χ4n) is 1.17. The van der Waals surface area contributed by atoms with Gasteiger partial charge in [0.15, 0.2) is 0 Å². The van der Waals surface area contributed by atoms with Gasteiger partial charge in [-0.25, -0.2) is 0 Å². The Balaban J connectivity index is 2.00. The largest absolute Gasteiger partial charge is 0.381 e. The molecule has 1 saturated heterocycles. The minimum atomic E-state index is 0.657. The Morgan fingerprint density at radius 2 is 0.643 bits per heavy atom. The number of hydrogen-bond donors (Lipinski definition) is 0. The third-order valence-electron chi connectivity index (χ3n) is 1.90. The van der Waals surface area contributed by atoms with Crippen molar-refractivity contribution in [3.63, 3.8) is 0 Å². The van der Waals surface area contributed by atoms with Crippen LogP contribution in [0.25, 0.3) is 0 Å². The molecule has 1 aliphatic heterocycles. The van der Waals surface area contributed by atoms with Crippen molar-refractivity contribution in [2.24, 2.45) is 0 Å². The molecule has 1 heterocycles. The summed E-state index contributed by atoms with van der Waals surface area (Å²) in [5, 5.41) is 0. The predicted molar refractivity (Wildman–Crippen MR) is 52.5 cm³/mol. The van der Waals surface area contributed by atoms with Gasteiger partial charge in [0.1, 0.15) is 0 Å². The monoisotopic (exact) mass is 204 g/mol. The van der Waals surface area contributed by atoms with E-state index in [0.717, 1.165) is 39.3 Å². The van der Waals surface area contributed by atoms with Gasteiger partial charge in [-0.15, -0.1) is 0 Å². The lowest BCUT2D eigenvalue weighted by Gasteiger charge is -2.09. The molecular weight excluding hydrogens is 184 g/mol. The van der Waals surface area contributed by atoms with E-state index in [1.165, 1.54) is 0 Å². The highest BCUT2D eigenvalue weighted by Gasteiger charge is 1.95. The first-order valence-electron chi connectivity index (χ1n) is 5.31. The Bertz CT molecular complexity index is 65.4. The Labute approximate surface area is 85.5 Å². The summed E-state index contributed by atoms with van der Waals surface area (Å²) in [6, 6.07) is 0. The van der Waals surface area contributed by atoms with Crippen molar-refractivity contribution in [3.8, 4) is 0 Å². The zero-order valence-electron chi connectivity index (χ0n) is 8.70. The van der Waals surface area contributed by atoms with E-state index in [1.54, 1.807) is 0 Å². The molecule has 0 unspecified atom stereocenters. The normalized spacial score (nSPS) is 24.0. The van der Waals surface area contributed by atoms with Crippen molar-refractivity contribution in [3.05, 3.63) is 0 Å². The molecule has 4 heteroatoms. The average Bonchev–Trinajstić information content (AvgIpc) is 2.22. The van der Waals surface area contributed by atoms with Crippen LogP contribution in [0.2, 0.25) is 0 Å². The maximum atomic E-state index is 5.39. The van der Waals surface area contributed by atoms with E-state index < -0.39 is 0 Å². The molecule has 0 aromatic heterocycles. The summed E-state index contributed by atoms with van der Waals surface area (Å²) < 4.78 is 21.3. The van der Waals surface area contributed by atoms with Gasteiger partial charge in [0, 0.05) is 26.4 Å². The van der Waals surface area contributed by atoms with E-state index in [-0.39, 0.29) is 0 Å². The topological polar surface area (TPSA) is 36.9 Å². The molecule has 1 rings (SSSR count). The Morgan fingerprint density at radius 3 is 1.07 bits per heavy atom. The summed E-state index contributed by atoms with van der Waals surface area (Å²) in [4.78, 5) is 0. The van der Waals surface area contributed by atoms with E-state index in [2.05, 4.69) is 0 Å². The summed E-state index contributed by atoms with van der Waals surface area (Å²) in [6.45, 7) is 5.73. The minimum Gasteiger partial charge on any atom is -0.381 e. The molecule has 1 aliphatic rings. The Hall–Kier alpha value is -0.160. The van der Waals surface area contributed by atoms with Crippen LogP contribution < -0.4 is 0 Å². The Kier molecular flexibility index (Phi) is 8.00. The molecule has 0 amide bonds. The third kappa shape index (κ3) is 7.26. The van der Waals surface area contributed by atoms with Crippen LogP contribution in [0.5, 0.6) is 0 Å². The van der Waals surface area contributed by atoms with Crippen molar-refractivity contribution < 1.29 is 18.9 Å². The molecule has 0 saturated carbocycles. The summed E-state index contributed by atoms with van der Waals surface area (Å²) in [5.41, 5.74) is 0. The molecular formula is C10H20O4. The summed E-state index contributed by atoms with van der Waals surface area (Å²) >= 11 is 0. The van der Waals surface area contributed by atoms with Gasteiger partial charge in [-0.2, -0.15) is 0 Å². The quantitative estimate of drug-likeness (QED) is 0.586. The van der Waals surface area contributed by atoms with Gasteiger partial charge in [-0.3, -0.25) is 0 Å². The summed E-state index contributed by atoms with van der Waals surface area (Å²) in [6.07, 6.45) is 1.92.